The minimum Gasteiger partial charge on any atom is -0.310 e. The molecule has 1 heteroatoms. The van der Waals surface area contributed by atoms with Crippen LogP contribution < -0.4 is 4.90 Å². The zero-order valence-corrected chi connectivity index (χ0v) is 33.5. The van der Waals surface area contributed by atoms with E-state index in [1.807, 2.05) is 152 Å². The largest absolute Gasteiger partial charge is 0.310 e. The van der Waals surface area contributed by atoms with E-state index < -0.39 is 17.5 Å². The predicted octanol–water partition coefficient (Wildman–Crippen LogP) is 16.3. The molecule has 12 rings (SSSR count). The highest BCUT2D eigenvalue weighted by Gasteiger charge is 2.46. The number of nitrogens with zero attached hydrogens (tertiary/aromatic N) is 1. The van der Waals surface area contributed by atoms with E-state index in [2.05, 4.69) is 48.5 Å². The van der Waals surface area contributed by atoms with Crippen LogP contribution in [0.15, 0.2) is 249 Å². The standard InChI is InChI=1S/C61H41N/c1-3-19-48(20-4-1)61(49-21-5-2-6-22-49)59-28-12-11-26-57(59)58-38-36-52(41-60(58)61)62(51-23-13-18-46(40-51)55-27-14-17-43-15-7-9-24-53(43)55)50-34-31-42(32-35-50)45-33-37-56-47(39-45)30-29-44-16-8-10-25-54(44)56/h1-41H/i13D,18D,23D,31D,32D,34D,35D,40D. The number of hydrogen-bond donors (Lipinski definition) is 0. The Kier molecular flexibility index (Phi) is 6.71. The maximum atomic E-state index is 10.2. The first-order valence-corrected chi connectivity index (χ1v) is 20.9. The van der Waals surface area contributed by atoms with Crippen LogP contribution in [0.5, 0.6) is 0 Å². The van der Waals surface area contributed by atoms with Crippen molar-refractivity contribution in [3.8, 4) is 33.4 Å². The van der Waals surface area contributed by atoms with Gasteiger partial charge in [0.05, 0.1) is 16.4 Å². The normalized spacial score (nSPS) is 14.5. The van der Waals surface area contributed by atoms with Gasteiger partial charge in [0.15, 0.2) is 0 Å². The van der Waals surface area contributed by atoms with Gasteiger partial charge in [0.25, 0.3) is 0 Å². The number of benzene rings is 11. The highest BCUT2D eigenvalue weighted by Crippen LogP contribution is 2.57. The molecule has 0 unspecified atom stereocenters. The van der Waals surface area contributed by atoms with E-state index in [1.54, 1.807) is 0 Å². The second-order valence-electron chi connectivity index (χ2n) is 15.8. The van der Waals surface area contributed by atoms with Gasteiger partial charge >= 0.3 is 0 Å². The molecule has 0 amide bonds. The fourth-order valence-electron chi connectivity index (χ4n) is 9.70. The average molecular weight is 796 g/mol. The van der Waals surface area contributed by atoms with Gasteiger partial charge in [0.1, 0.15) is 0 Å². The van der Waals surface area contributed by atoms with E-state index in [0.717, 1.165) is 65.7 Å². The number of anilines is 3. The van der Waals surface area contributed by atoms with Crippen LogP contribution in [0.3, 0.4) is 0 Å². The van der Waals surface area contributed by atoms with Crippen molar-refractivity contribution < 1.29 is 11.0 Å². The Balaban J connectivity index is 1.17. The van der Waals surface area contributed by atoms with Gasteiger partial charge in [-0.25, -0.2) is 0 Å². The van der Waals surface area contributed by atoms with Crippen LogP contribution in [-0.2, 0) is 5.41 Å². The molecule has 0 aromatic heterocycles. The van der Waals surface area contributed by atoms with Gasteiger partial charge in [0.2, 0.25) is 0 Å². The lowest BCUT2D eigenvalue weighted by Crippen LogP contribution is -2.28. The van der Waals surface area contributed by atoms with E-state index in [0.29, 0.717) is 16.8 Å². The van der Waals surface area contributed by atoms with Crippen LogP contribution in [0, 0.1) is 0 Å². The van der Waals surface area contributed by atoms with Gasteiger partial charge in [-0.15, -0.1) is 0 Å². The minimum absolute atomic E-state index is 0.113. The SMILES string of the molecule is [2H]c1c([2H])c(-c2cccc3ccccc23)c([2H])c(N(c2ccc3c(c2)C(c2ccccc2)(c2ccccc2)c2ccccc2-3)c2c([2H])c([2H])c(-c3ccc4c(ccc5ccccc54)c3)c([2H])c2[2H])c1[2H]. The van der Waals surface area contributed by atoms with Crippen LogP contribution >= 0.6 is 0 Å². The first kappa shape index (κ1) is 28.5. The van der Waals surface area contributed by atoms with E-state index in [9.17, 15) is 11.0 Å². The maximum Gasteiger partial charge on any atom is 0.0714 e. The Morgan fingerprint density at radius 3 is 1.74 bits per heavy atom. The monoisotopic (exact) mass is 795 g/mol. The van der Waals surface area contributed by atoms with Crippen molar-refractivity contribution in [2.24, 2.45) is 0 Å². The molecular formula is C61H41N. The van der Waals surface area contributed by atoms with Crippen molar-refractivity contribution in [2.45, 2.75) is 5.41 Å². The number of hydrogen-bond acceptors (Lipinski definition) is 1. The summed E-state index contributed by atoms with van der Waals surface area (Å²) in [6.07, 6.45) is 0. The third-order valence-corrected chi connectivity index (χ3v) is 12.5. The van der Waals surface area contributed by atoms with Crippen molar-refractivity contribution in [1.82, 2.24) is 0 Å². The van der Waals surface area contributed by atoms with Gasteiger partial charge in [-0.1, -0.05) is 206 Å². The minimum atomic E-state index is -0.872. The highest BCUT2D eigenvalue weighted by atomic mass is 15.1. The summed E-state index contributed by atoms with van der Waals surface area (Å²) >= 11 is 0. The summed E-state index contributed by atoms with van der Waals surface area (Å²) in [6.45, 7) is 0. The molecule has 0 N–H and O–H groups in total. The molecule has 11 aromatic rings. The lowest BCUT2D eigenvalue weighted by Gasteiger charge is -2.35. The Morgan fingerprint density at radius 2 is 0.952 bits per heavy atom. The summed E-state index contributed by atoms with van der Waals surface area (Å²) < 4.78 is 78.0. The summed E-state index contributed by atoms with van der Waals surface area (Å²) in [4.78, 5) is 1.47. The van der Waals surface area contributed by atoms with E-state index in [1.165, 1.54) is 4.90 Å². The highest BCUT2D eigenvalue weighted by molar-refractivity contribution is 6.08. The summed E-state index contributed by atoms with van der Waals surface area (Å²) in [6, 6.07) is 62.8. The lowest BCUT2D eigenvalue weighted by atomic mass is 9.67. The molecule has 290 valence electrons. The Labute approximate surface area is 373 Å². The van der Waals surface area contributed by atoms with Gasteiger partial charge < -0.3 is 4.90 Å². The van der Waals surface area contributed by atoms with Crippen LogP contribution in [0.4, 0.5) is 17.1 Å². The molecule has 0 saturated carbocycles. The quantitative estimate of drug-likeness (QED) is 0.145. The Bertz CT molecular complexity index is 3870. The number of fused-ring (bicyclic) bond motifs is 7. The third-order valence-electron chi connectivity index (χ3n) is 12.5. The van der Waals surface area contributed by atoms with Gasteiger partial charge in [-0.3, -0.25) is 0 Å². The third kappa shape index (κ3) is 5.70. The first-order valence-electron chi connectivity index (χ1n) is 24.9. The molecule has 0 aliphatic heterocycles. The smallest absolute Gasteiger partial charge is 0.0714 e. The molecule has 1 aliphatic rings. The van der Waals surface area contributed by atoms with E-state index in [-0.39, 0.29) is 58.8 Å². The van der Waals surface area contributed by atoms with Crippen molar-refractivity contribution in [1.29, 1.82) is 0 Å². The topological polar surface area (TPSA) is 3.24 Å². The van der Waals surface area contributed by atoms with Gasteiger partial charge in [-0.05, 0) is 130 Å². The zero-order chi connectivity index (χ0) is 48.0. The summed E-state index contributed by atoms with van der Waals surface area (Å²) in [5.74, 6) is 0. The molecule has 1 aliphatic carbocycles. The summed E-state index contributed by atoms with van der Waals surface area (Å²) in [7, 11) is 0. The van der Waals surface area contributed by atoms with Crippen LogP contribution in [0.1, 0.15) is 33.2 Å². The van der Waals surface area contributed by atoms with Gasteiger partial charge in [0, 0.05) is 17.1 Å². The summed E-state index contributed by atoms with van der Waals surface area (Å²) in [5.41, 5.74) is 6.32. The number of rotatable bonds is 7. The molecule has 0 spiro atoms. The van der Waals surface area contributed by atoms with E-state index >= 15 is 0 Å². The molecule has 0 heterocycles. The zero-order valence-electron chi connectivity index (χ0n) is 41.5. The van der Waals surface area contributed by atoms with Crippen molar-refractivity contribution >= 4 is 49.4 Å². The van der Waals surface area contributed by atoms with Gasteiger partial charge in [-0.2, -0.15) is 0 Å². The molecule has 0 radical (unpaired) electrons. The molecule has 0 fully saturated rings. The molecule has 1 nitrogen and oxygen atoms in total. The molecule has 0 bridgehead atoms. The molecule has 0 saturated heterocycles. The van der Waals surface area contributed by atoms with Crippen molar-refractivity contribution in [3.05, 3.63) is 271 Å². The molecule has 11 aromatic carbocycles. The van der Waals surface area contributed by atoms with E-state index in [4.69, 9.17) is 0 Å². The Morgan fingerprint density at radius 1 is 0.339 bits per heavy atom. The molecule has 62 heavy (non-hydrogen) atoms. The summed E-state index contributed by atoms with van der Waals surface area (Å²) in [5, 5.41) is 5.65. The fraction of sp³-hybridized carbons (Fsp3) is 0.0164. The predicted molar refractivity (Wildman–Crippen MR) is 262 cm³/mol. The average Bonchev–Trinajstić information content (AvgIpc) is 3.70. The van der Waals surface area contributed by atoms with Crippen molar-refractivity contribution in [2.75, 3.05) is 4.90 Å². The molecule has 0 atom stereocenters. The van der Waals surface area contributed by atoms with Crippen molar-refractivity contribution in [3.63, 3.8) is 0 Å². The lowest BCUT2D eigenvalue weighted by molar-refractivity contribution is 0.768. The second-order valence-corrected chi connectivity index (χ2v) is 15.8. The second kappa shape index (κ2) is 14.6. The fourth-order valence-corrected chi connectivity index (χ4v) is 9.70. The first-order chi connectivity index (χ1) is 34.1. The van der Waals surface area contributed by atoms with Crippen LogP contribution in [0.2, 0.25) is 0 Å². The maximum absolute atomic E-state index is 10.2. The Hall–Kier alpha value is -8.00. The molecular weight excluding hydrogens is 747 g/mol. The van der Waals surface area contributed by atoms with Crippen LogP contribution in [0.25, 0.3) is 65.7 Å². The van der Waals surface area contributed by atoms with Crippen LogP contribution in [-0.4, -0.2) is 0 Å².